The van der Waals surface area contributed by atoms with Crippen LogP contribution in [0, 0.1) is 11.7 Å². The standard InChI is InChI=1S/C19H22N4OS2/c1-13-3-5-16(6-4-13)18-21-22-19(25)23(18)9-7-17(24)20-14(2)11-15-8-10-26-12-15/h3-6,8,10,12,14H,7,9,11H2,1-2H3,(H,20,24)(H,22,25). The molecule has 0 aliphatic heterocycles. The molecule has 0 saturated carbocycles. The van der Waals surface area contributed by atoms with E-state index in [1.54, 1.807) is 11.3 Å². The first kappa shape index (κ1) is 18.5. The van der Waals surface area contributed by atoms with Gasteiger partial charge in [-0.2, -0.15) is 16.4 Å². The van der Waals surface area contributed by atoms with Gasteiger partial charge in [0.15, 0.2) is 10.6 Å². The third-order valence-corrected chi connectivity index (χ3v) is 5.20. The van der Waals surface area contributed by atoms with Gasteiger partial charge in [-0.05, 0) is 54.9 Å². The summed E-state index contributed by atoms with van der Waals surface area (Å²) in [4.78, 5) is 12.3. The maximum atomic E-state index is 12.3. The van der Waals surface area contributed by atoms with Gasteiger partial charge in [0.1, 0.15) is 0 Å². The molecule has 3 rings (SSSR count). The molecule has 5 nitrogen and oxygen atoms in total. The third kappa shape index (κ3) is 4.68. The number of nitrogens with one attached hydrogen (secondary N) is 2. The van der Waals surface area contributed by atoms with Crippen LogP contribution in [0.5, 0.6) is 0 Å². The van der Waals surface area contributed by atoms with Gasteiger partial charge in [-0.25, -0.2) is 0 Å². The van der Waals surface area contributed by atoms with Crippen molar-refractivity contribution in [3.63, 3.8) is 0 Å². The molecule has 26 heavy (non-hydrogen) atoms. The average molecular weight is 387 g/mol. The van der Waals surface area contributed by atoms with Crippen LogP contribution in [-0.2, 0) is 17.8 Å². The van der Waals surface area contributed by atoms with E-state index in [1.807, 2.05) is 42.7 Å². The van der Waals surface area contributed by atoms with Crippen LogP contribution in [-0.4, -0.2) is 26.7 Å². The van der Waals surface area contributed by atoms with E-state index in [4.69, 9.17) is 12.2 Å². The second kappa shape index (κ2) is 8.42. The lowest BCUT2D eigenvalue weighted by Gasteiger charge is -2.13. The van der Waals surface area contributed by atoms with E-state index in [-0.39, 0.29) is 11.9 Å². The first-order chi connectivity index (χ1) is 12.5. The zero-order valence-corrected chi connectivity index (χ0v) is 16.5. The highest BCUT2D eigenvalue weighted by atomic mass is 32.1. The van der Waals surface area contributed by atoms with Crippen molar-refractivity contribution in [2.75, 3.05) is 0 Å². The summed E-state index contributed by atoms with van der Waals surface area (Å²) in [7, 11) is 0. The highest BCUT2D eigenvalue weighted by Gasteiger charge is 2.12. The van der Waals surface area contributed by atoms with Gasteiger partial charge < -0.3 is 5.32 Å². The van der Waals surface area contributed by atoms with E-state index in [9.17, 15) is 4.79 Å². The highest BCUT2D eigenvalue weighted by molar-refractivity contribution is 7.71. The summed E-state index contributed by atoms with van der Waals surface area (Å²) in [6.45, 7) is 4.56. The molecule has 2 heterocycles. The van der Waals surface area contributed by atoms with Crippen molar-refractivity contribution < 1.29 is 4.79 Å². The second-order valence-corrected chi connectivity index (χ2v) is 7.59. The minimum atomic E-state index is 0.0192. The average Bonchev–Trinajstić information content (AvgIpc) is 3.23. The first-order valence-electron chi connectivity index (χ1n) is 8.55. The summed E-state index contributed by atoms with van der Waals surface area (Å²) < 4.78 is 2.41. The van der Waals surface area contributed by atoms with Gasteiger partial charge in [-0.3, -0.25) is 14.5 Å². The van der Waals surface area contributed by atoms with Gasteiger partial charge in [-0.1, -0.05) is 29.8 Å². The number of carbonyl (C=O) groups excluding carboxylic acids is 1. The van der Waals surface area contributed by atoms with Crippen molar-refractivity contribution in [1.29, 1.82) is 0 Å². The zero-order chi connectivity index (χ0) is 18.5. The number of hydrogen-bond donors (Lipinski definition) is 2. The van der Waals surface area contributed by atoms with Crippen LogP contribution in [0.3, 0.4) is 0 Å². The Morgan fingerprint density at radius 2 is 2.12 bits per heavy atom. The molecule has 0 bridgehead atoms. The predicted molar refractivity (Wildman–Crippen MR) is 108 cm³/mol. The van der Waals surface area contributed by atoms with Crippen LogP contribution in [0.4, 0.5) is 0 Å². The molecule has 136 valence electrons. The number of aromatic nitrogens is 3. The molecule has 3 aromatic rings. The number of amides is 1. The number of H-pyrrole nitrogens is 1. The zero-order valence-electron chi connectivity index (χ0n) is 14.9. The maximum Gasteiger partial charge on any atom is 0.222 e. The van der Waals surface area contributed by atoms with Crippen LogP contribution in [0.25, 0.3) is 11.4 Å². The van der Waals surface area contributed by atoms with E-state index >= 15 is 0 Å². The van der Waals surface area contributed by atoms with Crippen molar-refractivity contribution in [1.82, 2.24) is 20.1 Å². The number of aryl methyl sites for hydroxylation is 1. The highest BCUT2D eigenvalue weighted by Crippen LogP contribution is 2.18. The summed E-state index contributed by atoms with van der Waals surface area (Å²) >= 11 is 7.00. The number of benzene rings is 1. The lowest BCUT2D eigenvalue weighted by molar-refractivity contribution is -0.121. The Bertz CT molecular complexity index is 910. The van der Waals surface area contributed by atoms with Crippen molar-refractivity contribution >= 4 is 29.5 Å². The molecule has 0 radical (unpaired) electrons. The molecule has 1 aromatic carbocycles. The summed E-state index contributed by atoms with van der Waals surface area (Å²) in [6.07, 6.45) is 1.20. The molecule has 7 heteroatoms. The van der Waals surface area contributed by atoms with E-state index in [2.05, 4.69) is 32.3 Å². The lowest BCUT2D eigenvalue weighted by atomic mass is 10.1. The molecule has 1 atom stereocenters. The Balaban J connectivity index is 1.61. The number of rotatable bonds is 7. The molecule has 0 aliphatic rings. The van der Waals surface area contributed by atoms with Crippen LogP contribution >= 0.6 is 23.6 Å². The minimum absolute atomic E-state index is 0.0192. The van der Waals surface area contributed by atoms with Crippen LogP contribution in [0.2, 0.25) is 0 Å². The second-order valence-electron chi connectivity index (χ2n) is 6.42. The van der Waals surface area contributed by atoms with Crippen LogP contribution in [0.15, 0.2) is 41.1 Å². The third-order valence-electron chi connectivity index (χ3n) is 4.16. The Morgan fingerprint density at radius 1 is 1.35 bits per heavy atom. The Labute approximate surface area is 162 Å². The lowest BCUT2D eigenvalue weighted by Crippen LogP contribution is -2.34. The van der Waals surface area contributed by atoms with Gasteiger partial charge in [0.25, 0.3) is 0 Å². The normalized spacial score (nSPS) is 12.1. The van der Waals surface area contributed by atoms with E-state index in [1.165, 1.54) is 11.1 Å². The molecule has 0 fully saturated rings. The quantitative estimate of drug-likeness (QED) is 0.601. The molecule has 0 aliphatic carbocycles. The van der Waals surface area contributed by atoms with Gasteiger partial charge in [0, 0.05) is 24.6 Å². The molecule has 0 saturated heterocycles. The largest absolute Gasteiger partial charge is 0.353 e. The van der Waals surface area contributed by atoms with Gasteiger partial charge in [0.2, 0.25) is 5.91 Å². The molecular formula is C19H22N4OS2. The Kier molecular flexibility index (Phi) is 6.00. The molecule has 1 amide bonds. The van der Waals surface area contributed by atoms with Crippen molar-refractivity contribution in [3.8, 4) is 11.4 Å². The van der Waals surface area contributed by atoms with E-state index in [0.717, 1.165) is 17.8 Å². The van der Waals surface area contributed by atoms with Crippen LogP contribution < -0.4 is 5.32 Å². The fourth-order valence-corrected chi connectivity index (χ4v) is 3.73. The van der Waals surface area contributed by atoms with Crippen molar-refractivity contribution in [3.05, 3.63) is 57.0 Å². The predicted octanol–water partition coefficient (Wildman–Crippen LogP) is 4.12. The molecule has 1 unspecified atom stereocenters. The number of nitrogens with zero attached hydrogens (tertiary/aromatic N) is 2. The summed E-state index contributed by atoms with van der Waals surface area (Å²) in [5.41, 5.74) is 3.42. The van der Waals surface area contributed by atoms with Gasteiger partial charge in [-0.15, -0.1) is 0 Å². The number of thiophene rings is 1. The van der Waals surface area contributed by atoms with E-state index < -0.39 is 0 Å². The Hall–Kier alpha value is -2.25. The van der Waals surface area contributed by atoms with Crippen molar-refractivity contribution in [2.24, 2.45) is 0 Å². The van der Waals surface area contributed by atoms with Gasteiger partial charge >= 0.3 is 0 Å². The SMILES string of the molecule is Cc1ccc(-c2n[nH]c(=S)n2CCC(=O)NC(C)Cc2ccsc2)cc1. The Morgan fingerprint density at radius 3 is 2.81 bits per heavy atom. The van der Waals surface area contributed by atoms with Crippen LogP contribution in [0.1, 0.15) is 24.5 Å². The summed E-state index contributed by atoms with van der Waals surface area (Å²) in [6, 6.07) is 10.3. The molecule has 2 aromatic heterocycles. The fourth-order valence-electron chi connectivity index (χ4n) is 2.82. The van der Waals surface area contributed by atoms with Gasteiger partial charge in [0.05, 0.1) is 0 Å². The fraction of sp³-hybridized carbons (Fsp3) is 0.316. The summed E-state index contributed by atoms with van der Waals surface area (Å²) in [5, 5.41) is 14.4. The minimum Gasteiger partial charge on any atom is -0.353 e. The monoisotopic (exact) mass is 386 g/mol. The maximum absolute atomic E-state index is 12.3. The number of hydrogen-bond acceptors (Lipinski definition) is 4. The molecule has 0 spiro atoms. The topological polar surface area (TPSA) is 62.7 Å². The smallest absolute Gasteiger partial charge is 0.222 e. The number of aromatic amines is 1. The number of carbonyl (C=O) groups is 1. The summed E-state index contributed by atoms with van der Waals surface area (Å²) in [5.74, 6) is 0.778. The first-order valence-corrected chi connectivity index (χ1v) is 9.90. The molecule has 2 N–H and O–H groups in total. The van der Waals surface area contributed by atoms with E-state index in [0.29, 0.717) is 17.7 Å². The van der Waals surface area contributed by atoms with Crippen molar-refractivity contribution in [2.45, 2.75) is 39.3 Å². The molecular weight excluding hydrogens is 364 g/mol.